The Morgan fingerprint density at radius 3 is 2.26 bits per heavy atom. The zero-order valence-corrected chi connectivity index (χ0v) is 15.7. The van der Waals surface area contributed by atoms with Gasteiger partial charge in [-0.1, -0.05) is 48.5 Å². The summed E-state index contributed by atoms with van der Waals surface area (Å²) >= 11 is 0. The SMILES string of the molecule is CC(C)(C)OC(=O)C1=c2ccccc2=c2cc3c(cc21)=Cc1ccccc1-3. The van der Waals surface area contributed by atoms with E-state index in [1.807, 2.05) is 39.0 Å². The van der Waals surface area contributed by atoms with Gasteiger partial charge in [0.1, 0.15) is 5.60 Å². The Bertz CT molecular complexity index is 1340. The van der Waals surface area contributed by atoms with Gasteiger partial charge in [0, 0.05) is 0 Å². The summed E-state index contributed by atoms with van der Waals surface area (Å²) in [7, 11) is 0. The number of carbonyl (C=O) groups is 1. The van der Waals surface area contributed by atoms with Crippen molar-refractivity contribution in [3.05, 3.63) is 92.7 Å². The van der Waals surface area contributed by atoms with E-state index in [2.05, 4.69) is 48.5 Å². The highest BCUT2D eigenvalue weighted by molar-refractivity contribution is 6.17. The first-order valence-electron chi connectivity index (χ1n) is 9.25. The fourth-order valence-corrected chi connectivity index (χ4v) is 4.06. The monoisotopic (exact) mass is 352 g/mol. The van der Waals surface area contributed by atoms with E-state index in [1.165, 1.54) is 16.7 Å². The van der Waals surface area contributed by atoms with Crippen LogP contribution in [0.25, 0.3) is 22.8 Å². The molecule has 3 aromatic rings. The summed E-state index contributed by atoms with van der Waals surface area (Å²) in [6.07, 6.45) is 2.20. The lowest BCUT2D eigenvalue weighted by atomic mass is 10.00. The normalized spacial score (nSPS) is 13.4. The minimum atomic E-state index is -0.527. The van der Waals surface area contributed by atoms with E-state index in [4.69, 9.17) is 4.74 Å². The zero-order chi connectivity index (χ0) is 18.8. The first kappa shape index (κ1) is 16.1. The van der Waals surface area contributed by atoms with Crippen LogP contribution in [0.15, 0.2) is 60.7 Å². The summed E-state index contributed by atoms with van der Waals surface area (Å²) in [6.45, 7) is 5.71. The van der Waals surface area contributed by atoms with Crippen LogP contribution in [0.3, 0.4) is 0 Å². The summed E-state index contributed by atoms with van der Waals surface area (Å²) in [6, 6.07) is 20.9. The Morgan fingerprint density at radius 1 is 0.778 bits per heavy atom. The average molecular weight is 352 g/mol. The van der Waals surface area contributed by atoms with Crippen molar-refractivity contribution in [3.63, 3.8) is 0 Å². The molecule has 0 N–H and O–H groups in total. The number of hydrogen-bond acceptors (Lipinski definition) is 2. The molecule has 3 aromatic carbocycles. The van der Waals surface area contributed by atoms with E-state index in [0.29, 0.717) is 5.57 Å². The van der Waals surface area contributed by atoms with E-state index < -0.39 is 5.60 Å². The lowest BCUT2D eigenvalue weighted by Gasteiger charge is -2.20. The van der Waals surface area contributed by atoms with E-state index in [9.17, 15) is 4.79 Å². The van der Waals surface area contributed by atoms with Crippen molar-refractivity contribution in [2.75, 3.05) is 0 Å². The van der Waals surface area contributed by atoms with Gasteiger partial charge in [0.25, 0.3) is 0 Å². The summed E-state index contributed by atoms with van der Waals surface area (Å²) in [5.41, 5.74) is 4.81. The minimum absolute atomic E-state index is 0.260. The number of esters is 1. The average Bonchev–Trinajstić information content (AvgIpc) is 3.13. The lowest BCUT2D eigenvalue weighted by Crippen LogP contribution is -2.27. The molecule has 27 heavy (non-hydrogen) atoms. The quantitative estimate of drug-likeness (QED) is 0.489. The van der Waals surface area contributed by atoms with Gasteiger partial charge in [-0.05, 0) is 82.1 Å². The van der Waals surface area contributed by atoms with E-state index >= 15 is 0 Å². The second-order valence-electron chi connectivity index (χ2n) is 8.14. The number of benzene rings is 3. The molecule has 0 heterocycles. The topological polar surface area (TPSA) is 26.3 Å². The largest absolute Gasteiger partial charge is 0.456 e. The van der Waals surface area contributed by atoms with Crippen molar-refractivity contribution < 1.29 is 9.53 Å². The lowest BCUT2D eigenvalue weighted by molar-refractivity contribution is -0.147. The van der Waals surface area contributed by atoms with Crippen molar-refractivity contribution in [1.82, 2.24) is 0 Å². The molecule has 0 spiro atoms. The van der Waals surface area contributed by atoms with Crippen LogP contribution in [0.2, 0.25) is 0 Å². The highest BCUT2D eigenvalue weighted by atomic mass is 16.6. The van der Waals surface area contributed by atoms with Crippen LogP contribution in [0, 0.1) is 10.4 Å². The number of rotatable bonds is 1. The molecule has 0 radical (unpaired) electrons. The smallest absolute Gasteiger partial charge is 0.339 e. The molecule has 0 fully saturated rings. The molecule has 0 bridgehead atoms. The third-order valence-electron chi connectivity index (χ3n) is 5.11. The van der Waals surface area contributed by atoms with Crippen molar-refractivity contribution in [3.8, 4) is 11.1 Å². The molecule has 0 unspecified atom stereocenters. The van der Waals surface area contributed by atoms with Crippen LogP contribution < -0.4 is 10.4 Å². The highest BCUT2D eigenvalue weighted by Gasteiger charge is 2.26. The molecular formula is C25H20O2. The number of fused-ring (bicyclic) bond motifs is 5. The first-order valence-corrected chi connectivity index (χ1v) is 9.25. The molecule has 5 rings (SSSR count). The Labute approximate surface area is 157 Å². The molecule has 0 amide bonds. The predicted molar refractivity (Wildman–Crippen MR) is 107 cm³/mol. The van der Waals surface area contributed by atoms with Crippen LogP contribution in [0.5, 0.6) is 0 Å². The Morgan fingerprint density at radius 2 is 1.48 bits per heavy atom. The zero-order valence-electron chi connectivity index (χ0n) is 15.7. The molecule has 0 saturated heterocycles. The Balaban J connectivity index is 1.82. The molecule has 132 valence electrons. The van der Waals surface area contributed by atoms with Crippen molar-refractivity contribution >= 4 is 17.6 Å². The van der Waals surface area contributed by atoms with E-state index in [1.54, 1.807) is 0 Å². The number of ether oxygens (including phenoxy) is 1. The second kappa shape index (κ2) is 5.43. The van der Waals surface area contributed by atoms with Gasteiger partial charge in [-0.2, -0.15) is 0 Å². The summed E-state index contributed by atoms with van der Waals surface area (Å²) in [5, 5.41) is 4.32. The standard InChI is InChI=1S/C25H20O2/c1-25(2,3)27-24(26)23-19-11-7-6-10-18(19)21-14-20-16(13-22(21)23)12-15-8-4-5-9-17(15)20/h4-14H,1-3H3. The predicted octanol–water partition coefficient (Wildman–Crippen LogP) is 3.64. The highest BCUT2D eigenvalue weighted by Crippen LogP contribution is 2.30. The van der Waals surface area contributed by atoms with Gasteiger partial charge >= 0.3 is 5.97 Å². The molecule has 2 heteroatoms. The van der Waals surface area contributed by atoms with Gasteiger partial charge in [-0.15, -0.1) is 0 Å². The van der Waals surface area contributed by atoms with Crippen molar-refractivity contribution in [2.24, 2.45) is 0 Å². The third kappa shape index (κ3) is 2.44. The van der Waals surface area contributed by atoms with Gasteiger partial charge < -0.3 is 4.74 Å². The molecule has 2 nitrogen and oxygen atoms in total. The molecular weight excluding hydrogens is 332 g/mol. The van der Waals surface area contributed by atoms with Gasteiger partial charge in [0.2, 0.25) is 0 Å². The van der Waals surface area contributed by atoms with E-state index in [0.717, 1.165) is 26.4 Å². The van der Waals surface area contributed by atoms with Crippen LogP contribution >= 0.6 is 0 Å². The molecule has 2 aliphatic carbocycles. The van der Waals surface area contributed by atoms with Crippen LogP contribution in [-0.2, 0) is 9.53 Å². The second-order valence-corrected chi connectivity index (χ2v) is 8.14. The maximum Gasteiger partial charge on any atom is 0.339 e. The molecule has 0 atom stereocenters. The molecule has 0 aliphatic heterocycles. The van der Waals surface area contributed by atoms with Gasteiger partial charge in [0.15, 0.2) is 0 Å². The maximum atomic E-state index is 13.0. The number of carbonyl (C=O) groups excluding carboxylic acids is 1. The Kier molecular flexibility index (Phi) is 3.23. The van der Waals surface area contributed by atoms with Crippen molar-refractivity contribution in [2.45, 2.75) is 26.4 Å². The number of hydrogen-bond donors (Lipinski definition) is 0. The van der Waals surface area contributed by atoms with Crippen LogP contribution in [-0.4, -0.2) is 11.6 Å². The van der Waals surface area contributed by atoms with Gasteiger partial charge in [-0.25, -0.2) is 4.79 Å². The molecule has 0 saturated carbocycles. The minimum Gasteiger partial charge on any atom is -0.456 e. The first-order chi connectivity index (χ1) is 12.9. The Hall–Kier alpha value is -3.13. The maximum absolute atomic E-state index is 13.0. The summed E-state index contributed by atoms with van der Waals surface area (Å²) in [5.74, 6) is -0.260. The summed E-state index contributed by atoms with van der Waals surface area (Å²) in [4.78, 5) is 13.0. The van der Waals surface area contributed by atoms with Crippen LogP contribution in [0.4, 0.5) is 0 Å². The molecule has 0 aromatic heterocycles. The van der Waals surface area contributed by atoms with Crippen LogP contribution in [0.1, 0.15) is 31.9 Å². The molecule has 2 aliphatic rings. The van der Waals surface area contributed by atoms with E-state index in [-0.39, 0.29) is 5.97 Å². The summed E-state index contributed by atoms with van der Waals surface area (Å²) < 4.78 is 5.73. The fourth-order valence-electron chi connectivity index (χ4n) is 4.06. The fraction of sp³-hybridized carbons (Fsp3) is 0.160. The van der Waals surface area contributed by atoms with Gasteiger partial charge in [0.05, 0.1) is 5.57 Å². The van der Waals surface area contributed by atoms with Crippen molar-refractivity contribution in [1.29, 1.82) is 0 Å². The van der Waals surface area contributed by atoms with Gasteiger partial charge in [-0.3, -0.25) is 0 Å². The third-order valence-corrected chi connectivity index (χ3v) is 5.11.